The molecule has 0 saturated heterocycles. The number of phenolic OH excluding ortho intramolecular Hbond substituents is 1. The van der Waals surface area contributed by atoms with Gasteiger partial charge in [-0.15, -0.1) is 0 Å². The number of phenols is 1. The molecule has 2 aromatic carbocycles. The molecule has 4 atom stereocenters. The van der Waals surface area contributed by atoms with Crippen LogP contribution in [0.4, 0.5) is 5.69 Å². The summed E-state index contributed by atoms with van der Waals surface area (Å²) in [6.45, 7) is 0. The van der Waals surface area contributed by atoms with Crippen molar-refractivity contribution in [1.82, 2.24) is 4.90 Å². The molecule has 10 nitrogen and oxygen atoms in total. The lowest BCUT2D eigenvalue weighted by Crippen LogP contribution is -2.63. The van der Waals surface area contributed by atoms with E-state index >= 15 is 0 Å². The number of hydrogen-bond acceptors (Lipinski definition) is 9. The van der Waals surface area contributed by atoms with Crippen molar-refractivity contribution in [3.8, 4) is 17.6 Å². The van der Waals surface area contributed by atoms with Gasteiger partial charge in [-0.05, 0) is 74.8 Å². The van der Waals surface area contributed by atoms with Crippen molar-refractivity contribution in [2.24, 2.45) is 17.6 Å². The molecule has 5 rings (SSSR count). The molecule has 0 saturated carbocycles. The third-order valence-corrected chi connectivity index (χ3v) is 7.86. The molecule has 0 aliphatic heterocycles. The standard InChI is InChI=1S/C29H27N3O7/c1-32(2)23-18-12-15-11-17-14(6-3-13-4-8-16(30)9-5-13)7-10-19(33)21(17)24(34)20(15)26(36)29(18,39)27(37)22(25(23)35)28(31)38/h4-5,7-10,15,18,23,33,35-36,39H,11-12,30H2,1-2H3,(H2,31,38)/t15-,18-,23-,29-/m0/s1. The first-order valence-corrected chi connectivity index (χ1v) is 12.2. The second kappa shape index (κ2) is 9.01. The minimum Gasteiger partial charge on any atom is -0.510 e. The number of amides is 1. The van der Waals surface area contributed by atoms with E-state index in [1.165, 1.54) is 11.0 Å². The number of primary amides is 1. The minimum atomic E-state index is -2.67. The number of hydrogen-bond donors (Lipinski definition) is 6. The number of likely N-dealkylation sites (N-methyl/N-ethyl adjacent to an activating group) is 1. The Hall–Kier alpha value is -4.59. The first kappa shape index (κ1) is 26.0. The fourth-order valence-electron chi connectivity index (χ4n) is 6.07. The lowest BCUT2D eigenvalue weighted by atomic mass is 9.58. The van der Waals surface area contributed by atoms with Gasteiger partial charge in [-0.1, -0.05) is 11.8 Å². The van der Waals surface area contributed by atoms with Crippen LogP contribution in [-0.4, -0.2) is 68.5 Å². The number of anilines is 1. The predicted octanol–water partition coefficient (Wildman–Crippen LogP) is 1.10. The number of aliphatic hydroxyl groups is 3. The minimum absolute atomic E-state index is 0.00620. The number of rotatable bonds is 2. The normalized spacial score (nSPS) is 26.0. The molecule has 0 spiro atoms. The average molecular weight is 530 g/mol. The number of aromatic hydroxyl groups is 1. The van der Waals surface area contributed by atoms with Crippen LogP contribution in [0.3, 0.4) is 0 Å². The SMILES string of the molecule is CN(C)[C@@H]1C(O)=C(C(N)=O)C(=O)[C@@]2(O)C(O)=C3C(=O)c4c(O)ccc(C#Cc5ccc(N)cc5)c4C[C@H]3C[C@@H]12. The van der Waals surface area contributed by atoms with E-state index in [1.54, 1.807) is 44.4 Å². The molecule has 200 valence electrons. The number of benzene rings is 2. The van der Waals surface area contributed by atoms with E-state index in [4.69, 9.17) is 11.5 Å². The number of fused-ring (bicyclic) bond motifs is 3. The number of ketones is 2. The second-order valence-corrected chi connectivity index (χ2v) is 10.3. The van der Waals surface area contributed by atoms with Crippen molar-refractivity contribution < 1.29 is 34.8 Å². The van der Waals surface area contributed by atoms with Crippen molar-refractivity contribution in [2.75, 3.05) is 19.8 Å². The molecule has 0 unspecified atom stereocenters. The molecule has 10 heteroatoms. The van der Waals surface area contributed by atoms with Gasteiger partial charge in [-0.25, -0.2) is 0 Å². The van der Waals surface area contributed by atoms with Crippen molar-refractivity contribution >= 4 is 23.2 Å². The Kier molecular flexibility index (Phi) is 6.01. The highest BCUT2D eigenvalue weighted by Gasteiger charge is 2.63. The molecule has 1 amide bonds. The van der Waals surface area contributed by atoms with Gasteiger partial charge in [0, 0.05) is 28.3 Å². The lowest BCUT2D eigenvalue weighted by Gasteiger charge is -2.50. The van der Waals surface area contributed by atoms with E-state index in [2.05, 4.69) is 11.8 Å². The van der Waals surface area contributed by atoms with Crippen LogP contribution in [0.2, 0.25) is 0 Å². The molecule has 3 aliphatic rings. The van der Waals surface area contributed by atoms with Crippen LogP contribution < -0.4 is 11.5 Å². The Morgan fingerprint density at radius 2 is 1.72 bits per heavy atom. The number of allylic oxidation sites excluding steroid dienone is 1. The van der Waals surface area contributed by atoms with Crippen molar-refractivity contribution in [3.63, 3.8) is 0 Å². The van der Waals surface area contributed by atoms with Gasteiger partial charge in [0.15, 0.2) is 11.4 Å². The zero-order chi connectivity index (χ0) is 28.4. The topological polar surface area (TPSA) is 187 Å². The maximum atomic E-state index is 13.7. The van der Waals surface area contributed by atoms with E-state index in [0.717, 1.165) is 0 Å². The molecule has 39 heavy (non-hydrogen) atoms. The molecule has 0 bridgehead atoms. The van der Waals surface area contributed by atoms with E-state index in [0.29, 0.717) is 22.4 Å². The molecular weight excluding hydrogens is 502 g/mol. The Morgan fingerprint density at radius 3 is 2.33 bits per heavy atom. The molecule has 0 heterocycles. The zero-order valence-corrected chi connectivity index (χ0v) is 21.2. The maximum absolute atomic E-state index is 13.7. The number of nitrogens with zero attached hydrogens (tertiary/aromatic N) is 1. The Balaban J connectivity index is 1.66. The third-order valence-electron chi connectivity index (χ3n) is 7.86. The summed E-state index contributed by atoms with van der Waals surface area (Å²) in [6.07, 6.45) is 0.168. The van der Waals surface area contributed by atoms with Gasteiger partial charge in [0.25, 0.3) is 5.91 Å². The van der Waals surface area contributed by atoms with Crippen molar-refractivity contribution in [1.29, 1.82) is 0 Å². The molecule has 0 fully saturated rings. The Labute approximate surface area is 223 Å². The number of carbonyl (C=O) groups excluding carboxylic acids is 3. The van der Waals surface area contributed by atoms with Crippen molar-refractivity contribution in [2.45, 2.75) is 24.5 Å². The van der Waals surface area contributed by atoms with Crippen LogP contribution in [0.1, 0.15) is 33.5 Å². The van der Waals surface area contributed by atoms with Crippen molar-refractivity contribution in [3.05, 3.63) is 81.3 Å². The van der Waals surface area contributed by atoms with Gasteiger partial charge in [0.2, 0.25) is 5.78 Å². The summed E-state index contributed by atoms with van der Waals surface area (Å²) in [7, 11) is 3.16. The van der Waals surface area contributed by atoms with E-state index < -0.39 is 58.0 Å². The van der Waals surface area contributed by atoms with Crippen LogP contribution in [-0.2, 0) is 16.0 Å². The van der Waals surface area contributed by atoms with Crippen LogP contribution in [0.25, 0.3) is 0 Å². The summed E-state index contributed by atoms with van der Waals surface area (Å²) < 4.78 is 0. The van der Waals surface area contributed by atoms with Gasteiger partial charge < -0.3 is 31.9 Å². The summed E-state index contributed by atoms with van der Waals surface area (Å²) in [5.74, 6) is -0.847. The lowest BCUT2D eigenvalue weighted by molar-refractivity contribution is -0.148. The first-order valence-electron chi connectivity index (χ1n) is 12.2. The first-order chi connectivity index (χ1) is 18.4. The zero-order valence-electron chi connectivity index (χ0n) is 21.2. The summed E-state index contributed by atoms with van der Waals surface area (Å²) in [6, 6.07) is 8.80. The second-order valence-electron chi connectivity index (χ2n) is 10.3. The fourth-order valence-corrected chi connectivity index (χ4v) is 6.07. The number of nitrogens with two attached hydrogens (primary N) is 2. The van der Waals surface area contributed by atoms with Crippen LogP contribution in [0, 0.1) is 23.7 Å². The predicted molar refractivity (Wildman–Crippen MR) is 141 cm³/mol. The summed E-state index contributed by atoms with van der Waals surface area (Å²) in [5, 5.41) is 44.5. The smallest absolute Gasteiger partial charge is 0.255 e. The van der Waals surface area contributed by atoms with Crippen LogP contribution in [0.5, 0.6) is 5.75 Å². The Morgan fingerprint density at radius 1 is 1.05 bits per heavy atom. The molecule has 0 aromatic heterocycles. The quantitative estimate of drug-likeness (QED) is 0.188. The molecule has 0 radical (unpaired) electrons. The molecule has 2 aromatic rings. The number of carbonyl (C=O) groups is 3. The number of aliphatic hydroxyl groups excluding tert-OH is 2. The van der Waals surface area contributed by atoms with Gasteiger partial charge in [-0.3, -0.25) is 19.3 Å². The highest BCUT2D eigenvalue weighted by atomic mass is 16.3. The fraction of sp³-hybridized carbons (Fsp3) is 0.276. The highest BCUT2D eigenvalue weighted by Crippen LogP contribution is 2.52. The largest absolute Gasteiger partial charge is 0.510 e. The van der Waals surface area contributed by atoms with Gasteiger partial charge in [0.1, 0.15) is 22.8 Å². The monoisotopic (exact) mass is 529 g/mol. The number of nitrogen functional groups attached to an aromatic ring is 1. The summed E-state index contributed by atoms with van der Waals surface area (Å²) >= 11 is 0. The number of Topliss-reactive ketones (excluding diaryl/α,β-unsaturated/α-hetero) is 2. The summed E-state index contributed by atoms with van der Waals surface area (Å²) in [5.41, 5.74) is 9.51. The maximum Gasteiger partial charge on any atom is 0.255 e. The van der Waals surface area contributed by atoms with E-state index in [9.17, 15) is 34.8 Å². The van der Waals surface area contributed by atoms with E-state index in [1.807, 2.05) is 0 Å². The third kappa shape index (κ3) is 3.78. The van der Waals surface area contributed by atoms with Crippen LogP contribution >= 0.6 is 0 Å². The average Bonchev–Trinajstić information content (AvgIpc) is 2.86. The molecular formula is C29H27N3O7. The van der Waals surface area contributed by atoms with Gasteiger partial charge in [0.05, 0.1) is 11.6 Å². The Bertz CT molecular complexity index is 1580. The van der Waals surface area contributed by atoms with Gasteiger partial charge in [-0.2, -0.15) is 0 Å². The highest BCUT2D eigenvalue weighted by molar-refractivity contribution is 6.24. The molecule has 3 aliphatic carbocycles. The summed E-state index contributed by atoms with van der Waals surface area (Å²) in [4.78, 5) is 40.7. The van der Waals surface area contributed by atoms with Gasteiger partial charge >= 0.3 is 0 Å². The molecule has 8 N–H and O–H groups in total. The van der Waals surface area contributed by atoms with E-state index in [-0.39, 0.29) is 29.7 Å². The van der Waals surface area contributed by atoms with Crippen LogP contribution in [0.15, 0.2) is 59.1 Å².